The maximum Gasteiger partial charge on any atom is 0.330 e. The molecule has 0 atom stereocenters. The molecule has 0 aliphatic carbocycles. The lowest BCUT2D eigenvalue weighted by molar-refractivity contribution is -0.119. The Hall–Kier alpha value is -3.60. The van der Waals surface area contributed by atoms with E-state index in [1.165, 1.54) is 35.0 Å². The number of hydrogen-bond donors (Lipinski definition) is 3. The zero-order chi connectivity index (χ0) is 22.8. The number of carbonyl (C=O) groups is 2. The minimum Gasteiger partial charge on any atom is -0.465 e. The monoisotopic (exact) mass is 433 g/mol. The molecule has 2 heterocycles. The number of methoxy groups -OCH3 is 1. The number of aromatic amines is 1. The summed E-state index contributed by atoms with van der Waals surface area (Å²) < 4.78 is 11.3. The van der Waals surface area contributed by atoms with Crippen LogP contribution in [0.15, 0.2) is 38.5 Å². The molecular weight excluding hydrogens is 406 g/mol. The van der Waals surface area contributed by atoms with Crippen LogP contribution in [0.2, 0.25) is 0 Å². The Bertz CT molecular complexity index is 1020. The smallest absolute Gasteiger partial charge is 0.330 e. The summed E-state index contributed by atoms with van der Waals surface area (Å²) in [4.78, 5) is 52.6. The second-order valence-corrected chi connectivity index (χ2v) is 6.57. The van der Waals surface area contributed by atoms with Gasteiger partial charge in [-0.15, -0.1) is 0 Å². The Morgan fingerprint density at radius 3 is 2.81 bits per heavy atom. The molecule has 0 fully saturated rings. The molecule has 0 aromatic carbocycles. The Morgan fingerprint density at radius 2 is 2.16 bits per heavy atom. The third-order valence-electron chi connectivity index (χ3n) is 4.33. The second-order valence-electron chi connectivity index (χ2n) is 6.57. The number of nitrogen functional groups attached to an aromatic ring is 1. The Kier molecular flexibility index (Phi) is 8.82. The van der Waals surface area contributed by atoms with Crippen molar-refractivity contribution in [2.24, 2.45) is 0 Å². The SMILES string of the molecule is CCCn1c(N)c(N(CCOC)C(=O)CCNC(=O)/C=C/c2ccco2)c(=O)[nH]c1=O. The van der Waals surface area contributed by atoms with Crippen molar-refractivity contribution in [2.45, 2.75) is 26.3 Å². The Balaban J connectivity index is 2.12. The van der Waals surface area contributed by atoms with Gasteiger partial charge in [0, 0.05) is 39.2 Å². The van der Waals surface area contributed by atoms with E-state index in [-0.39, 0.29) is 37.6 Å². The highest BCUT2D eigenvalue weighted by Crippen LogP contribution is 2.17. The van der Waals surface area contributed by atoms with Crippen molar-refractivity contribution >= 4 is 29.4 Å². The number of anilines is 2. The van der Waals surface area contributed by atoms with E-state index in [4.69, 9.17) is 14.9 Å². The molecule has 0 unspecified atom stereocenters. The molecule has 2 rings (SSSR count). The molecule has 0 saturated carbocycles. The van der Waals surface area contributed by atoms with Crippen molar-refractivity contribution in [3.8, 4) is 0 Å². The molecule has 2 aromatic rings. The zero-order valence-corrected chi connectivity index (χ0v) is 17.6. The highest BCUT2D eigenvalue weighted by molar-refractivity contribution is 5.96. The minimum atomic E-state index is -0.760. The number of nitrogens with one attached hydrogen (secondary N) is 2. The maximum absolute atomic E-state index is 12.8. The van der Waals surface area contributed by atoms with Crippen molar-refractivity contribution in [1.29, 1.82) is 0 Å². The molecule has 0 aliphatic rings. The normalized spacial score (nSPS) is 11.0. The van der Waals surface area contributed by atoms with E-state index in [9.17, 15) is 19.2 Å². The first-order valence-corrected chi connectivity index (χ1v) is 9.80. The first-order chi connectivity index (χ1) is 14.9. The fourth-order valence-corrected chi connectivity index (χ4v) is 2.86. The molecule has 11 heteroatoms. The molecule has 4 N–H and O–H groups in total. The van der Waals surface area contributed by atoms with Gasteiger partial charge in [-0.2, -0.15) is 0 Å². The number of H-pyrrole nitrogens is 1. The molecule has 2 amide bonds. The van der Waals surface area contributed by atoms with Crippen LogP contribution in [0.3, 0.4) is 0 Å². The minimum absolute atomic E-state index is 0.0378. The molecule has 11 nitrogen and oxygen atoms in total. The van der Waals surface area contributed by atoms with E-state index in [0.717, 1.165) is 0 Å². The number of hydrogen-bond acceptors (Lipinski definition) is 7. The standard InChI is InChI=1S/C20H27N5O6/c1-3-10-25-18(21)17(19(28)23-20(25)29)24(11-13-30-2)16(27)8-9-22-15(26)7-6-14-5-4-12-31-14/h4-7,12H,3,8-11,13,21H2,1-2H3,(H,22,26)(H,23,28,29)/b7-6+. The van der Waals surface area contributed by atoms with Gasteiger partial charge in [0.25, 0.3) is 5.56 Å². The predicted molar refractivity (Wildman–Crippen MR) is 116 cm³/mol. The van der Waals surface area contributed by atoms with Gasteiger partial charge >= 0.3 is 5.69 Å². The van der Waals surface area contributed by atoms with Crippen LogP contribution in [-0.4, -0.2) is 48.2 Å². The van der Waals surface area contributed by atoms with Gasteiger partial charge in [-0.05, 0) is 24.6 Å². The van der Waals surface area contributed by atoms with Crippen LogP contribution in [0.1, 0.15) is 25.5 Å². The second kappa shape index (κ2) is 11.6. The van der Waals surface area contributed by atoms with Crippen LogP contribution in [0.4, 0.5) is 11.5 Å². The van der Waals surface area contributed by atoms with E-state index >= 15 is 0 Å². The van der Waals surface area contributed by atoms with Gasteiger partial charge in [0.1, 0.15) is 11.6 Å². The lowest BCUT2D eigenvalue weighted by Gasteiger charge is -2.24. The highest BCUT2D eigenvalue weighted by Gasteiger charge is 2.23. The van der Waals surface area contributed by atoms with Crippen LogP contribution in [0.25, 0.3) is 6.08 Å². The number of nitrogens with zero attached hydrogens (tertiary/aromatic N) is 2. The first-order valence-electron chi connectivity index (χ1n) is 9.80. The molecule has 168 valence electrons. The third-order valence-corrected chi connectivity index (χ3v) is 4.33. The predicted octanol–water partition coefficient (Wildman–Crippen LogP) is 0.321. The molecule has 0 aliphatic heterocycles. The van der Waals surface area contributed by atoms with Crippen LogP contribution in [0.5, 0.6) is 0 Å². The average Bonchev–Trinajstić information content (AvgIpc) is 3.25. The van der Waals surface area contributed by atoms with Crippen LogP contribution < -0.4 is 27.2 Å². The van der Waals surface area contributed by atoms with Crippen molar-refractivity contribution in [3.05, 3.63) is 51.1 Å². The fraction of sp³-hybridized carbons (Fsp3) is 0.400. The van der Waals surface area contributed by atoms with Crippen molar-refractivity contribution in [1.82, 2.24) is 14.9 Å². The lowest BCUT2D eigenvalue weighted by atomic mass is 10.3. The molecule has 0 radical (unpaired) electrons. The number of ether oxygens (including phenoxy) is 1. The van der Waals surface area contributed by atoms with E-state index in [1.54, 1.807) is 12.1 Å². The summed E-state index contributed by atoms with van der Waals surface area (Å²) in [6, 6.07) is 3.39. The summed E-state index contributed by atoms with van der Waals surface area (Å²) >= 11 is 0. The zero-order valence-electron chi connectivity index (χ0n) is 17.6. The first kappa shape index (κ1) is 23.7. The van der Waals surface area contributed by atoms with Crippen molar-refractivity contribution < 1.29 is 18.7 Å². The topological polar surface area (TPSA) is 153 Å². The fourth-order valence-electron chi connectivity index (χ4n) is 2.86. The molecule has 31 heavy (non-hydrogen) atoms. The molecule has 2 aromatic heterocycles. The summed E-state index contributed by atoms with van der Waals surface area (Å²) in [5, 5.41) is 2.59. The molecule has 0 saturated heterocycles. The largest absolute Gasteiger partial charge is 0.465 e. The van der Waals surface area contributed by atoms with E-state index in [1.807, 2.05) is 6.92 Å². The summed E-state index contributed by atoms with van der Waals surface area (Å²) in [5.41, 5.74) is 4.56. The number of nitrogens with two attached hydrogens (primary N) is 1. The van der Waals surface area contributed by atoms with Gasteiger partial charge in [-0.1, -0.05) is 6.92 Å². The summed E-state index contributed by atoms with van der Waals surface area (Å²) in [6.07, 6.45) is 4.80. The van der Waals surface area contributed by atoms with Gasteiger partial charge < -0.3 is 25.1 Å². The van der Waals surface area contributed by atoms with Gasteiger partial charge in [-0.3, -0.25) is 23.9 Å². The Morgan fingerprint density at radius 1 is 1.39 bits per heavy atom. The lowest BCUT2D eigenvalue weighted by Crippen LogP contribution is -2.43. The number of amides is 2. The number of rotatable bonds is 11. The average molecular weight is 433 g/mol. The molecular formula is C20H27N5O6. The third kappa shape index (κ3) is 6.44. The molecule has 0 spiro atoms. The van der Waals surface area contributed by atoms with Crippen LogP contribution >= 0.6 is 0 Å². The number of aromatic nitrogens is 2. The highest BCUT2D eigenvalue weighted by atomic mass is 16.5. The van der Waals surface area contributed by atoms with Crippen molar-refractivity contribution in [3.63, 3.8) is 0 Å². The van der Waals surface area contributed by atoms with Crippen LogP contribution in [0, 0.1) is 0 Å². The maximum atomic E-state index is 12.8. The molecule has 0 bridgehead atoms. The quantitative estimate of drug-likeness (QED) is 0.431. The Labute approximate surface area is 178 Å². The number of carbonyl (C=O) groups excluding carboxylic acids is 2. The van der Waals surface area contributed by atoms with Crippen LogP contribution in [-0.2, 0) is 20.9 Å². The summed E-state index contributed by atoms with van der Waals surface area (Å²) in [7, 11) is 1.46. The summed E-state index contributed by atoms with van der Waals surface area (Å²) in [5.74, 6) is -0.424. The van der Waals surface area contributed by atoms with E-state index in [2.05, 4.69) is 10.3 Å². The van der Waals surface area contributed by atoms with E-state index < -0.39 is 23.1 Å². The van der Waals surface area contributed by atoms with Gasteiger partial charge in [0.15, 0.2) is 5.69 Å². The van der Waals surface area contributed by atoms with Crippen molar-refractivity contribution in [2.75, 3.05) is 37.4 Å². The summed E-state index contributed by atoms with van der Waals surface area (Å²) in [6.45, 7) is 2.39. The number of furan rings is 1. The van der Waals surface area contributed by atoms with Gasteiger partial charge in [0.05, 0.1) is 12.9 Å². The van der Waals surface area contributed by atoms with Gasteiger partial charge in [-0.25, -0.2) is 4.79 Å². The van der Waals surface area contributed by atoms with E-state index in [0.29, 0.717) is 18.7 Å². The van der Waals surface area contributed by atoms with Gasteiger partial charge in [0.2, 0.25) is 11.8 Å².